The molecule has 2 unspecified atom stereocenters. The molecular formula is C22H21FN2O4. The lowest BCUT2D eigenvalue weighted by Gasteiger charge is -2.40. The lowest BCUT2D eigenvalue weighted by molar-refractivity contribution is -0.153. The molecule has 3 aliphatic heterocycles. The van der Waals surface area contributed by atoms with Crippen molar-refractivity contribution in [3.05, 3.63) is 71.0 Å². The van der Waals surface area contributed by atoms with Crippen LogP contribution in [0.1, 0.15) is 29.2 Å². The largest absolute Gasteiger partial charge is 0.442 e. The topological polar surface area (TPSA) is 67.9 Å². The fourth-order valence-corrected chi connectivity index (χ4v) is 4.53. The second-order valence-electron chi connectivity index (χ2n) is 7.69. The Kier molecular flexibility index (Phi) is 4.47. The van der Waals surface area contributed by atoms with E-state index in [4.69, 9.17) is 9.47 Å². The number of amides is 2. The highest BCUT2D eigenvalue weighted by Gasteiger charge is 2.44. The van der Waals surface area contributed by atoms with Crippen LogP contribution in [0.4, 0.5) is 9.18 Å². The fourth-order valence-electron chi connectivity index (χ4n) is 4.53. The molecule has 2 amide bonds. The van der Waals surface area contributed by atoms with E-state index < -0.39 is 12.2 Å². The third kappa shape index (κ3) is 3.25. The first-order valence-electron chi connectivity index (χ1n) is 9.82. The van der Waals surface area contributed by atoms with Gasteiger partial charge in [-0.05, 0) is 35.2 Å². The molecule has 3 aliphatic rings. The van der Waals surface area contributed by atoms with Gasteiger partial charge in [-0.1, -0.05) is 36.4 Å². The number of fused-ring (bicyclic) bond motifs is 2. The third-order valence-corrected chi connectivity index (χ3v) is 5.97. The SMILES string of the molecule is O=C1NC2CC(C(=O)N3CCc4ccccc4[C@@H]3c3ccc(F)cc3)OC[C@H]2O1. The molecule has 2 aromatic carbocycles. The first-order chi connectivity index (χ1) is 14.1. The van der Waals surface area contributed by atoms with Gasteiger partial charge in [0.15, 0.2) is 0 Å². The van der Waals surface area contributed by atoms with Gasteiger partial charge in [0.25, 0.3) is 5.91 Å². The van der Waals surface area contributed by atoms with Gasteiger partial charge in [-0.2, -0.15) is 0 Å². The Morgan fingerprint density at radius 1 is 1.14 bits per heavy atom. The highest BCUT2D eigenvalue weighted by atomic mass is 19.1. The number of carbonyl (C=O) groups is 2. The molecule has 29 heavy (non-hydrogen) atoms. The average molecular weight is 396 g/mol. The summed E-state index contributed by atoms with van der Waals surface area (Å²) >= 11 is 0. The Morgan fingerprint density at radius 2 is 1.93 bits per heavy atom. The van der Waals surface area contributed by atoms with Gasteiger partial charge in [0, 0.05) is 13.0 Å². The van der Waals surface area contributed by atoms with E-state index in [1.165, 1.54) is 17.7 Å². The van der Waals surface area contributed by atoms with E-state index in [1.807, 2.05) is 23.1 Å². The van der Waals surface area contributed by atoms with E-state index >= 15 is 0 Å². The van der Waals surface area contributed by atoms with Crippen LogP contribution >= 0.6 is 0 Å². The van der Waals surface area contributed by atoms with Crippen LogP contribution in [0.25, 0.3) is 0 Å². The molecule has 5 rings (SSSR count). The Bertz CT molecular complexity index is 948. The summed E-state index contributed by atoms with van der Waals surface area (Å²) in [5.74, 6) is -0.428. The Balaban J connectivity index is 1.45. The maximum absolute atomic E-state index is 13.5. The molecule has 1 N–H and O–H groups in total. The van der Waals surface area contributed by atoms with Crippen LogP contribution in [0.2, 0.25) is 0 Å². The highest BCUT2D eigenvalue weighted by Crippen LogP contribution is 2.36. The van der Waals surface area contributed by atoms with Crippen LogP contribution in [-0.2, 0) is 20.7 Å². The van der Waals surface area contributed by atoms with E-state index in [0.717, 1.165) is 17.5 Å². The molecule has 0 aliphatic carbocycles. The van der Waals surface area contributed by atoms with Crippen molar-refractivity contribution >= 4 is 12.0 Å². The minimum absolute atomic E-state index is 0.117. The van der Waals surface area contributed by atoms with Crippen LogP contribution in [0.5, 0.6) is 0 Å². The van der Waals surface area contributed by atoms with Crippen molar-refractivity contribution in [1.82, 2.24) is 10.2 Å². The zero-order chi connectivity index (χ0) is 20.0. The minimum atomic E-state index is -0.647. The van der Waals surface area contributed by atoms with Crippen molar-refractivity contribution in [2.75, 3.05) is 13.2 Å². The maximum Gasteiger partial charge on any atom is 0.407 e. The van der Waals surface area contributed by atoms with Crippen molar-refractivity contribution in [2.45, 2.75) is 37.1 Å². The van der Waals surface area contributed by atoms with E-state index in [1.54, 1.807) is 12.1 Å². The van der Waals surface area contributed by atoms with Gasteiger partial charge in [0.05, 0.1) is 18.7 Å². The number of hydrogen-bond donors (Lipinski definition) is 1. The van der Waals surface area contributed by atoms with Crippen LogP contribution in [-0.4, -0.2) is 48.3 Å². The molecule has 6 nitrogen and oxygen atoms in total. The summed E-state index contributed by atoms with van der Waals surface area (Å²) in [7, 11) is 0. The highest BCUT2D eigenvalue weighted by molar-refractivity contribution is 5.83. The molecule has 0 radical (unpaired) electrons. The molecule has 150 valence electrons. The van der Waals surface area contributed by atoms with E-state index in [0.29, 0.717) is 13.0 Å². The summed E-state index contributed by atoms with van der Waals surface area (Å²) < 4.78 is 24.4. The van der Waals surface area contributed by atoms with E-state index in [2.05, 4.69) is 11.4 Å². The second kappa shape index (κ2) is 7.15. The lowest BCUT2D eigenvalue weighted by atomic mass is 9.87. The number of ether oxygens (including phenoxy) is 2. The number of nitrogens with zero attached hydrogens (tertiary/aromatic N) is 1. The zero-order valence-corrected chi connectivity index (χ0v) is 15.7. The quantitative estimate of drug-likeness (QED) is 0.847. The predicted molar refractivity (Wildman–Crippen MR) is 102 cm³/mol. The van der Waals surface area contributed by atoms with Gasteiger partial charge in [-0.25, -0.2) is 9.18 Å². The number of carbonyl (C=O) groups excluding carboxylic acids is 2. The smallest absolute Gasteiger partial charge is 0.407 e. The molecule has 2 fully saturated rings. The van der Waals surface area contributed by atoms with Gasteiger partial charge in [0.1, 0.15) is 18.0 Å². The number of benzene rings is 2. The predicted octanol–water partition coefficient (Wildman–Crippen LogP) is 2.57. The average Bonchev–Trinajstić information content (AvgIpc) is 3.12. The lowest BCUT2D eigenvalue weighted by Crippen LogP contribution is -2.52. The molecule has 0 aromatic heterocycles. The number of hydrogen-bond acceptors (Lipinski definition) is 4. The molecule has 2 aromatic rings. The van der Waals surface area contributed by atoms with Crippen molar-refractivity contribution in [3.8, 4) is 0 Å². The van der Waals surface area contributed by atoms with E-state index in [9.17, 15) is 14.0 Å². The van der Waals surface area contributed by atoms with Crippen LogP contribution in [0, 0.1) is 5.82 Å². The van der Waals surface area contributed by atoms with Crippen molar-refractivity contribution in [3.63, 3.8) is 0 Å². The standard InChI is InChI=1S/C22H21FN2O4/c23-15-7-5-14(6-8-15)20-16-4-2-1-3-13(16)9-10-25(20)21(26)18-11-17-19(12-28-18)29-22(27)24-17/h1-8,17-20H,9-12H2,(H,24,27)/t17?,18?,19-,20+/m1/s1. The number of halogens is 1. The number of nitrogens with one attached hydrogen (secondary N) is 1. The zero-order valence-electron chi connectivity index (χ0n) is 15.7. The molecule has 0 saturated carbocycles. The van der Waals surface area contributed by atoms with Gasteiger partial charge in [0.2, 0.25) is 0 Å². The Morgan fingerprint density at radius 3 is 2.76 bits per heavy atom. The summed E-state index contributed by atoms with van der Waals surface area (Å²) in [5.41, 5.74) is 3.09. The molecule has 0 bridgehead atoms. The summed E-state index contributed by atoms with van der Waals surface area (Å²) in [4.78, 5) is 26.7. The van der Waals surface area contributed by atoms with Gasteiger partial charge < -0.3 is 19.7 Å². The molecule has 0 spiro atoms. The van der Waals surface area contributed by atoms with Crippen LogP contribution in [0.3, 0.4) is 0 Å². The van der Waals surface area contributed by atoms with Crippen molar-refractivity contribution in [2.24, 2.45) is 0 Å². The molecule has 7 heteroatoms. The third-order valence-electron chi connectivity index (χ3n) is 5.97. The molecule has 4 atom stereocenters. The van der Waals surface area contributed by atoms with Crippen molar-refractivity contribution in [1.29, 1.82) is 0 Å². The monoisotopic (exact) mass is 396 g/mol. The summed E-state index contributed by atoms with van der Waals surface area (Å²) in [6.45, 7) is 0.750. The molecule has 2 saturated heterocycles. The van der Waals surface area contributed by atoms with Gasteiger partial charge in [-0.15, -0.1) is 0 Å². The number of alkyl carbamates (subject to hydrolysis) is 1. The minimum Gasteiger partial charge on any atom is -0.442 e. The van der Waals surface area contributed by atoms with Crippen LogP contribution < -0.4 is 5.32 Å². The number of rotatable bonds is 2. The Labute approximate surface area is 167 Å². The van der Waals surface area contributed by atoms with Gasteiger partial charge >= 0.3 is 6.09 Å². The fraction of sp³-hybridized carbons (Fsp3) is 0.364. The maximum atomic E-state index is 13.5. The Hall–Kier alpha value is -2.93. The second-order valence-corrected chi connectivity index (χ2v) is 7.69. The van der Waals surface area contributed by atoms with Crippen LogP contribution in [0.15, 0.2) is 48.5 Å². The summed E-state index contributed by atoms with van der Waals surface area (Å²) in [6.07, 6.45) is -0.331. The van der Waals surface area contributed by atoms with Crippen molar-refractivity contribution < 1.29 is 23.5 Å². The van der Waals surface area contributed by atoms with E-state index in [-0.39, 0.29) is 36.5 Å². The molecule has 3 heterocycles. The van der Waals surface area contributed by atoms with Gasteiger partial charge in [-0.3, -0.25) is 4.79 Å². The molecular weight excluding hydrogens is 375 g/mol. The summed E-state index contributed by atoms with van der Waals surface area (Å²) in [6, 6.07) is 13.8. The summed E-state index contributed by atoms with van der Waals surface area (Å²) in [5, 5.41) is 2.75. The normalized spacial score (nSPS) is 28.2. The first-order valence-corrected chi connectivity index (χ1v) is 9.82. The first kappa shape index (κ1) is 18.1.